The number of nitrogens with zero attached hydrogens (tertiary/aromatic N) is 1. The third-order valence-corrected chi connectivity index (χ3v) is 6.48. The number of aliphatic hydroxyl groups is 1. The number of hydrogen-bond acceptors (Lipinski definition) is 5. The number of halogens is 3. The second-order valence-electron chi connectivity index (χ2n) is 9.07. The van der Waals surface area contributed by atoms with Gasteiger partial charge in [-0.05, 0) is 47.7 Å². The van der Waals surface area contributed by atoms with Crippen LogP contribution in [0.3, 0.4) is 0 Å². The van der Waals surface area contributed by atoms with Gasteiger partial charge in [0.1, 0.15) is 16.8 Å². The normalized spacial score (nSPS) is 13.5. The highest BCUT2D eigenvalue weighted by atomic mass is 35.5. The quantitative estimate of drug-likeness (QED) is 0.246. The van der Waals surface area contributed by atoms with Crippen molar-refractivity contribution in [3.05, 3.63) is 99.8 Å². The van der Waals surface area contributed by atoms with Crippen LogP contribution in [0.5, 0.6) is 0 Å². The molecule has 0 saturated heterocycles. The second-order valence-corrected chi connectivity index (χ2v) is 9.43. The van der Waals surface area contributed by atoms with E-state index in [1.165, 1.54) is 11.8 Å². The van der Waals surface area contributed by atoms with Gasteiger partial charge in [-0.1, -0.05) is 48.9 Å². The van der Waals surface area contributed by atoms with Crippen molar-refractivity contribution in [3.63, 3.8) is 0 Å². The molecule has 5 N–H and O–H groups in total. The zero-order chi connectivity index (χ0) is 27.7. The highest BCUT2D eigenvalue weighted by Crippen LogP contribution is 2.25. The van der Waals surface area contributed by atoms with Gasteiger partial charge in [-0.3, -0.25) is 9.59 Å². The average Bonchev–Trinajstić information content (AvgIpc) is 2.86. The first-order valence-corrected chi connectivity index (χ1v) is 12.6. The summed E-state index contributed by atoms with van der Waals surface area (Å²) in [5.41, 5.74) is 8.29. The van der Waals surface area contributed by atoms with Crippen LogP contribution in [0, 0.1) is 11.6 Å². The molecule has 2 amide bonds. The highest BCUT2D eigenvalue weighted by Gasteiger charge is 2.28. The van der Waals surface area contributed by atoms with Crippen molar-refractivity contribution in [1.29, 1.82) is 0 Å². The molecule has 3 rings (SSSR count). The molecule has 0 bridgehead atoms. The fourth-order valence-electron chi connectivity index (χ4n) is 4.21. The van der Waals surface area contributed by atoms with Gasteiger partial charge in [0.05, 0.1) is 18.1 Å². The van der Waals surface area contributed by atoms with Gasteiger partial charge in [-0.2, -0.15) is 0 Å². The second kappa shape index (κ2) is 13.9. The molecule has 3 aromatic rings. The number of benzene rings is 2. The molecule has 0 fully saturated rings. The Labute approximate surface area is 225 Å². The van der Waals surface area contributed by atoms with Crippen LogP contribution < -0.4 is 16.4 Å². The number of carbonyl (C=O) groups is 2. The molecule has 202 valence electrons. The van der Waals surface area contributed by atoms with E-state index in [-0.39, 0.29) is 30.1 Å². The Balaban J connectivity index is 1.73. The molecular formula is C28H31ClF2N4O3. The Morgan fingerprint density at radius 1 is 1.05 bits per heavy atom. The number of aromatic nitrogens is 1. The summed E-state index contributed by atoms with van der Waals surface area (Å²) in [5.74, 6) is -3.95. The van der Waals surface area contributed by atoms with Crippen molar-refractivity contribution in [2.75, 3.05) is 6.54 Å². The largest absolute Gasteiger partial charge is 0.390 e. The first-order chi connectivity index (χ1) is 18.2. The third-order valence-electron chi connectivity index (χ3n) is 6.17. The van der Waals surface area contributed by atoms with E-state index >= 15 is 0 Å². The van der Waals surface area contributed by atoms with Gasteiger partial charge in [0, 0.05) is 37.3 Å². The Morgan fingerprint density at radius 3 is 2.42 bits per heavy atom. The van der Waals surface area contributed by atoms with Gasteiger partial charge in [0.25, 0.3) is 0 Å². The van der Waals surface area contributed by atoms with Crippen molar-refractivity contribution in [1.82, 2.24) is 15.6 Å². The topological polar surface area (TPSA) is 117 Å². The lowest BCUT2D eigenvalue weighted by molar-refractivity contribution is -0.127. The minimum Gasteiger partial charge on any atom is -0.390 e. The molecule has 3 atom stereocenters. The van der Waals surface area contributed by atoms with Crippen LogP contribution in [0.2, 0.25) is 5.15 Å². The number of pyridine rings is 1. The van der Waals surface area contributed by atoms with E-state index in [2.05, 4.69) is 28.6 Å². The van der Waals surface area contributed by atoms with E-state index in [9.17, 15) is 23.5 Å². The van der Waals surface area contributed by atoms with E-state index in [4.69, 9.17) is 17.3 Å². The van der Waals surface area contributed by atoms with Gasteiger partial charge < -0.3 is 21.5 Å². The fourth-order valence-corrected chi connectivity index (χ4v) is 4.46. The van der Waals surface area contributed by atoms with E-state index in [1.807, 2.05) is 18.2 Å². The van der Waals surface area contributed by atoms with Gasteiger partial charge >= 0.3 is 0 Å². The molecule has 1 heterocycles. The Bertz CT molecular complexity index is 1240. The number of primary amides is 1. The zero-order valence-corrected chi connectivity index (χ0v) is 21.7. The standard InChI is InChI=1S/C28H31ClF2N4O3/c1-2-17-5-3-6-18(9-17)15-33-16-25(36)24(12-19-10-20(30)13-21(31)11-19)35-26(37)14-23(28(32)38)22-7-4-8-34-27(22)29/h3-11,13,23-25,33,36H,2,12,14-16H2,1H3,(H2,32,38)(H,35,37)/t23?,24-,25+/m0/s1. The molecule has 7 nitrogen and oxygen atoms in total. The number of aliphatic hydroxyl groups excluding tert-OH is 1. The summed E-state index contributed by atoms with van der Waals surface area (Å²) in [6.45, 7) is 2.63. The summed E-state index contributed by atoms with van der Waals surface area (Å²) in [6, 6.07) is 13.2. The van der Waals surface area contributed by atoms with Crippen molar-refractivity contribution in [2.45, 2.75) is 50.8 Å². The Morgan fingerprint density at radius 2 is 1.76 bits per heavy atom. The maximum Gasteiger partial charge on any atom is 0.225 e. The number of nitrogens with one attached hydrogen (secondary N) is 2. The van der Waals surface area contributed by atoms with E-state index in [0.29, 0.717) is 12.1 Å². The molecule has 10 heteroatoms. The van der Waals surface area contributed by atoms with E-state index in [1.54, 1.807) is 12.1 Å². The number of carbonyl (C=O) groups excluding carboxylic acids is 2. The lowest BCUT2D eigenvalue weighted by Gasteiger charge is -2.26. The van der Waals surface area contributed by atoms with Crippen molar-refractivity contribution in [3.8, 4) is 0 Å². The smallest absolute Gasteiger partial charge is 0.225 e. The maximum absolute atomic E-state index is 13.8. The van der Waals surface area contributed by atoms with E-state index < -0.39 is 41.5 Å². The molecule has 0 radical (unpaired) electrons. The molecule has 1 aromatic heterocycles. The zero-order valence-electron chi connectivity index (χ0n) is 21.0. The summed E-state index contributed by atoms with van der Waals surface area (Å²) in [6.07, 6.45) is 0.821. The lowest BCUT2D eigenvalue weighted by atomic mass is 9.95. The van der Waals surface area contributed by atoms with Crippen molar-refractivity contribution in [2.24, 2.45) is 5.73 Å². The molecule has 0 saturated carbocycles. The number of nitrogens with two attached hydrogens (primary N) is 1. The molecule has 2 aromatic carbocycles. The van der Waals surface area contributed by atoms with Crippen LogP contribution in [0.15, 0.2) is 60.8 Å². The fraction of sp³-hybridized carbons (Fsp3) is 0.321. The van der Waals surface area contributed by atoms with Crippen LogP contribution in [-0.4, -0.2) is 40.6 Å². The van der Waals surface area contributed by atoms with Crippen molar-refractivity contribution < 1.29 is 23.5 Å². The maximum atomic E-state index is 13.8. The molecule has 0 aliphatic rings. The van der Waals surface area contributed by atoms with Crippen LogP contribution in [0.1, 0.15) is 41.5 Å². The number of rotatable bonds is 13. The van der Waals surface area contributed by atoms with Crippen LogP contribution in [-0.2, 0) is 29.0 Å². The number of amides is 2. The predicted molar refractivity (Wildman–Crippen MR) is 141 cm³/mol. The minimum absolute atomic E-state index is 0.0484. The summed E-state index contributed by atoms with van der Waals surface area (Å²) in [5, 5.41) is 16.9. The molecular weight excluding hydrogens is 514 g/mol. The number of aryl methyl sites for hydroxylation is 1. The predicted octanol–water partition coefficient (Wildman–Crippen LogP) is 3.41. The van der Waals surface area contributed by atoms with Crippen LogP contribution in [0.25, 0.3) is 0 Å². The van der Waals surface area contributed by atoms with Gasteiger partial charge in [0.15, 0.2) is 0 Å². The first-order valence-electron chi connectivity index (χ1n) is 12.3. The molecule has 0 spiro atoms. The van der Waals surface area contributed by atoms with Crippen LogP contribution >= 0.6 is 11.6 Å². The van der Waals surface area contributed by atoms with Crippen LogP contribution in [0.4, 0.5) is 8.78 Å². The summed E-state index contributed by atoms with van der Waals surface area (Å²) in [4.78, 5) is 29.0. The Hall–Kier alpha value is -3.40. The SMILES string of the molecule is CCc1cccc(CNC[C@@H](O)[C@H](Cc2cc(F)cc(F)c2)NC(=O)CC(C(N)=O)c2cccnc2Cl)c1. The van der Waals surface area contributed by atoms with Gasteiger partial charge in [-0.15, -0.1) is 0 Å². The number of hydrogen-bond donors (Lipinski definition) is 4. The summed E-state index contributed by atoms with van der Waals surface area (Å²) >= 11 is 6.10. The monoisotopic (exact) mass is 544 g/mol. The molecule has 0 aliphatic heterocycles. The minimum atomic E-state index is -1.12. The first kappa shape index (κ1) is 29.2. The molecule has 0 aliphatic carbocycles. The third kappa shape index (κ3) is 8.58. The Kier molecular flexibility index (Phi) is 10.7. The van der Waals surface area contributed by atoms with E-state index in [0.717, 1.165) is 30.2 Å². The summed E-state index contributed by atoms with van der Waals surface area (Å²) in [7, 11) is 0. The van der Waals surface area contributed by atoms with Gasteiger partial charge in [0.2, 0.25) is 11.8 Å². The highest BCUT2D eigenvalue weighted by molar-refractivity contribution is 6.30. The van der Waals surface area contributed by atoms with Crippen molar-refractivity contribution >= 4 is 23.4 Å². The molecule has 1 unspecified atom stereocenters. The molecule has 38 heavy (non-hydrogen) atoms. The lowest BCUT2D eigenvalue weighted by Crippen LogP contribution is -2.49. The average molecular weight is 545 g/mol. The van der Waals surface area contributed by atoms with Gasteiger partial charge in [-0.25, -0.2) is 13.8 Å². The summed E-state index contributed by atoms with van der Waals surface area (Å²) < 4.78 is 27.6.